The number of methoxy groups -OCH3 is 1. The highest BCUT2D eigenvalue weighted by Crippen LogP contribution is 2.22. The maximum Gasteiger partial charge on any atom is 0.305 e. The van der Waals surface area contributed by atoms with Crippen LogP contribution in [0.4, 0.5) is 0 Å². The maximum absolute atomic E-state index is 11.3. The van der Waals surface area contributed by atoms with Gasteiger partial charge in [0.05, 0.1) is 15.2 Å². The molecule has 98 valence electrons. The van der Waals surface area contributed by atoms with E-state index < -0.39 is 8.07 Å². The van der Waals surface area contributed by atoms with Crippen LogP contribution >= 0.6 is 0 Å². The van der Waals surface area contributed by atoms with Crippen LogP contribution in [0.25, 0.3) is 6.08 Å². The van der Waals surface area contributed by atoms with Gasteiger partial charge in [-0.15, -0.1) is 0 Å². The molecule has 18 heavy (non-hydrogen) atoms. The first-order chi connectivity index (χ1) is 8.43. The Labute approximate surface area is 111 Å². The van der Waals surface area contributed by atoms with Gasteiger partial charge in [0, 0.05) is 6.42 Å². The molecule has 1 aromatic carbocycles. The average molecular weight is 262 g/mol. The molecule has 0 N–H and O–H groups in total. The van der Waals surface area contributed by atoms with Gasteiger partial charge in [0.2, 0.25) is 0 Å². The number of rotatable bonds is 5. The number of allylic oxidation sites excluding steroid dienone is 1. The molecule has 0 aromatic heterocycles. The first kappa shape index (κ1) is 14.7. The van der Waals surface area contributed by atoms with Crippen molar-refractivity contribution in [2.45, 2.75) is 32.5 Å². The lowest BCUT2D eigenvalue weighted by atomic mass is 10.2. The molecule has 0 amide bonds. The molecule has 0 saturated carbocycles. The summed E-state index contributed by atoms with van der Waals surface area (Å²) in [7, 11) is 0.0462. The third-order valence-corrected chi connectivity index (χ3v) is 5.25. The fourth-order valence-corrected chi connectivity index (χ4v) is 3.23. The predicted octanol–water partition coefficient (Wildman–Crippen LogP) is 3.90. The van der Waals surface area contributed by atoms with Crippen molar-refractivity contribution in [3.8, 4) is 0 Å². The van der Waals surface area contributed by atoms with Crippen LogP contribution in [0.3, 0.4) is 0 Å². The second-order valence-electron chi connectivity index (χ2n) is 5.41. The Morgan fingerprint density at radius 1 is 1.17 bits per heavy atom. The van der Waals surface area contributed by atoms with Gasteiger partial charge in [-0.25, -0.2) is 0 Å². The Balaban J connectivity index is 2.86. The number of benzene rings is 1. The van der Waals surface area contributed by atoms with Gasteiger partial charge in [-0.05, 0) is 12.0 Å². The number of hydrogen-bond acceptors (Lipinski definition) is 2. The molecule has 3 heteroatoms. The third kappa shape index (κ3) is 4.88. The lowest BCUT2D eigenvalue weighted by Crippen LogP contribution is -2.24. The molecule has 1 rings (SSSR count). The summed E-state index contributed by atoms with van der Waals surface area (Å²) in [4.78, 5) is 11.3. The molecule has 0 bridgehead atoms. The van der Waals surface area contributed by atoms with E-state index in [1.54, 1.807) is 0 Å². The highest BCUT2D eigenvalue weighted by Gasteiger charge is 2.20. The smallest absolute Gasteiger partial charge is 0.305 e. The Morgan fingerprint density at radius 2 is 1.78 bits per heavy atom. The Bertz CT molecular complexity index is 416. The zero-order valence-electron chi connectivity index (χ0n) is 11.7. The van der Waals surface area contributed by atoms with E-state index in [9.17, 15) is 4.79 Å². The predicted molar refractivity (Wildman–Crippen MR) is 79.0 cm³/mol. The zero-order valence-corrected chi connectivity index (χ0v) is 12.7. The summed E-state index contributed by atoms with van der Waals surface area (Å²) in [6.45, 7) is 6.91. The van der Waals surface area contributed by atoms with Gasteiger partial charge < -0.3 is 4.74 Å². The van der Waals surface area contributed by atoms with Crippen LogP contribution in [0.2, 0.25) is 19.6 Å². The molecular formula is C15H22O2Si. The summed E-state index contributed by atoms with van der Waals surface area (Å²) >= 11 is 0. The molecule has 0 aliphatic carbocycles. The summed E-state index contributed by atoms with van der Waals surface area (Å²) in [5, 5.41) is 1.40. The van der Waals surface area contributed by atoms with Crippen LogP contribution < -0.4 is 0 Å². The van der Waals surface area contributed by atoms with E-state index in [-0.39, 0.29) is 5.97 Å². The van der Waals surface area contributed by atoms with Crippen molar-refractivity contribution in [3.63, 3.8) is 0 Å². The highest BCUT2D eigenvalue weighted by atomic mass is 28.3. The Morgan fingerprint density at radius 3 is 2.28 bits per heavy atom. The number of esters is 1. The largest absolute Gasteiger partial charge is 0.469 e. The summed E-state index contributed by atoms with van der Waals surface area (Å²) in [5.74, 6) is -0.132. The molecule has 1 aromatic rings. The van der Waals surface area contributed by atoms with E-state index >= 15 is 0 Å². The topological polar surface area (TPSA) is 26.3 Å². The van der Waals surface area contributed by atoms with Crippen LogP contribution in [0.15, 0.2) is 35.5 Å². The van der Waals surface area contributed by atoms with Crippen LogP contribution in [-0.4, -0.2) is 21.2 Å². The molecule has 0 unspecified atom stereocenters. The first-order valence-corrected chi connectivity index (χ1v) is 9.76. The number of carbonyl (C=O) groups excluding carboxylic acids is 1. The fourth-order valence-electron chi connectivity index (χ4n) is 1.75. The lowest BCUT2D eigenvalue weighted by Gasteiger charge is -2.21. The van der Waals surface area contributed by atoms with Crippen LogP contribution in [0, 0.1) is 0 Å². The lowest BCUT2D eigenvalue weighted by molar-refractivity contribution is -0.140. The minimum absolute atomic E-state index is 0.132. The summed E-state index contributed by atoms with van der Waals surface area (Å²) in [6.07, 6.45) is 3.51. The van der Waals surface area contributed by atoms with Crippen LogP contribution in [0.5, 0.6) is 0 Å². The van der Waals surface area contributed by atoms with Crippen molar-refractivity contribution in [2.24, 2.45) is 0 Å². The Hall–Kier alpha value is -1.35. The monoisotopic (exact) mass is 262 g/mol. The quantitative estimate of drug-likeness (QED) is 0.594. The fraction of sp³-hybridized carbons (Fsp3) is 0.400. The first-order valence-electron chi connectivity index (χ1n) is 6.26. The van der Waals surface area contributed by atoms with Gasteiger partial charge in [0.25, 0.3) is 0 Å². The molecule has 0 atom stereocenters. The standard InChI is InChI=1S/C15H22O2Si/c1-17-15(16)11-10-14(18(2,3)4)12-13-8-6-5-7-9-13/h5-9,12H,10-11H2,1-4H3/b14-12+. The molecule has 0 fully saturated rings. The summed E-state index contributed by atoms with van der Waals surface area (Å²) < 4.78 is 4.71. The van der Waals surface area contributed by atoms with Gasteiger partial charge in [-0.2, -0.15) is 0 Å². The van der Waals surface area contributed by atoms with Crippen molar-refractivity contribution in [2.75, 3.05) is 7.11 Å². The molecule has 0 spiro atoms. The van der Waals surface area contributed by atoms with E-state index in [0.29, 0.717) is 6.42 Å². The molecule has 2 nitrogen and oxygen atoms in total. The molecule has 0 radical (unpaired) electrons. The maximum atomic E-state index is 11.3. The number of carbonyl (C=O) groups is 1. The van der Waals surface area contributed by atoms with E-state index in [1.807, 2.05) is 18.2 Å². The van der Waals surface area contributed by atoms with Crippen molar-refractivity contribution >= 4 is 20.1 Å². The molecule has 0 saturated heterocycles. The van der Waals surface area contributed by atoms with Crippen LogP contribution in [-0.2, 0) is 9.53 Å². The summed E-state index contributed by atoms with van der Waals surface area (Å²) in [6, 6.07) is 10.3. The third-order valence-electron chi connectivity index (χ3n) is 2.93. The van der Waals surface area contributed by atoms with Gasteiger partial charge >= 0.3 is 5.97 Å². The minimum Gasteiger partial charge on any atom is -0.469 e. The normalized spacial score (nSPS) is 12.3. The number of hydrogen-bond donors (Lipinski definition) is 0. The van der Waals surface area contributed by atoms with E-state index in [2.05, 4.69) is 37.8 Å². The van der Waals surface area contributed by atoms with E-state index in [4.69, 9.17) is 4.74 Å². The van der Waals surface area contributed by atoms with Crippen molar-refractivity contribution in [1.82, 2.24) is 0 Å². The minimum atomic E-state index is -1.40. The van der Waals surface area contributed by atoms with Crippen molar-refractivity contribution in [1.29, 1.82) is 0 Å². The second kappa shape index (κ2) is 6.54. The summed E-state index contributed by atoms with van der Waals surface area (Å²) in [5.41, 5.74) is 1.21. The Kier molecular flexibility index (Phi) is 5.35. The zero-order chi connectivity index (χ0) is 13.6. The molecular weight excluding hydrogens is 240 g/mol. The second-order valence-corrected chi connectivity index (χ2v) is 10.5. The van der Waals surface area contributed by atoms with E-state index in [0.717, 1.165) is 6.42 Å². The van der Waals surface area contributed by atoms with Crippen molar-refractivity contribution in [3.05, 3.63) is 41.1 Å². The van der Waals surface area contributed by atoms with E-state index in [1.165, 1.54) is 17.9 Å². The molecule has 0 aliphatic heterocycles. The number of ether oxygens (including phenoxy) is 1. The van der Waals surface area contributed by atoms with Crippen LogP contribution in [0.1, 0.15) is 18.4 Å². The SMILES string of the molecule is COC(=O)CC/C(=C\c1ccccc1)[Si](C)(C)C. The molecule has 0 aliphatic rings. The van der Waals surface area contributed by atoms with Gasteiger partial charge in [-0.1, -0.05) is 61.2 Å². The molecule has 0 heterocycles. The van der Waals surface area contributed by atoms with Gasteiger partial charge in [0.1, 0.15) is 0 Å². The highest BCUT2D eigenvalue weighted by molar-refractivity contribution is 6.83. The van der Waals surface area contributed by atoms with Gasteiger partial charge in [0.15, 0.2) is 0 Å². The van der Waals surface area contributed by atoms with Gasteiger partial charge in [-0.3, -0.25) is 4.79 Å². The average Bonchev–Trinajstić information content (AvgIpc) is 2.33. The van der Waals surface area contributed by atoms with Crippen molar-refractivity contribution < 1.29 is 9.53 Å².